The molecular weight excluding hydrogens is 350 g/mol. The minimum Gasteiger partial charge on any atom is -0.456 e. The average molecular weight is 365 g/mol. The van der Waals surface area contributed by atoms with Crippen molar-refractivity contribution in [2.75, 3.05) is 0 Å². The summed E-state index contributed by atoms with van der Waals surface area (Å²) in [4.78, 5) is 38.7. The molecule has 0 saturated heterocycles. The number of nitro groups is 1. The molecule has 2 aromatic heterocycles. The van der Waals surface area contributed by atoms with Crippen molar-refractivity contribution in [3.05, 3.63) is 92.0 Å². The van der Waals surface area contributed by atoms with Crippen molar-refractivity contribution in [1.29, 1.82) is 0 Å². The Bertz CT molecular complexity index is 1120. The second-order valence-electron chi connectivity index (χ2n) is 5.77. The Morgan fingerprint density at radius 1 is 1.30 bits per heavy atom. The van der Waals surface area contributed by atoms with Gasteiger partial charge in [-0.3, -0.25) is 19.3 Å². The lowest BCUT2D eigenvalue weighted by molar-refractivity contribution is -0.385. The maximum atomic E-state index is 12.1. The predicted octanol–water partition coefficient (Wildman–Crippen LogP) is 2.67. The molecular formula is C19H15N3O5. The molecule has 0 bridgehead atoms. The Morgan fingerprint density at radius 3 is 2.85 bits per heavy atom. The summed E-state index contributed by atoms with van der Waals surface area (Å²) in [6.07, 6.45) is 4.04. The van der Waals surface area contributed by atoms with Gasteiger partial charge in [0, 0.05) is 24.4 Å². The number of aryl methyl sites for hydroxylation is 1. The average Bonchev–Trinajstić information content (AvgIpc) is 2.64. The van der Waals surface area contributed by atoms with Crippen molar-refractivity contribution < 1.29 is 14.5 Å². The molecule has 0 amide bonds. The molecule has 8 heteroatoms. The molecule has 0 spiro atoms. The smallest absolute Gasteiger partial charge is 0.331 e. The number of nitro benzene ring substituents is 1. The van der Waals surface area contributed by atoms with Gasteiger partial charge in [0.15, 0.2) is 0 Å². The van der Waals surface area contributed by atoms with Gasteiger partial charge in [-0.05, 0) is 36.8 Å². The molecule has 0 atom stereocenters. The van der Waals surface area contributed by atoms with Gasteiger partial charge in [-0.2, -0.15) is 0 Å². The van der Waals surface area contributed by atoms with Crippen molar-refractivity contribution in [1.82, 2.24) is 9.38 Å². The van der Waals surface area contributed by atoms with Crippen LogP contribution in [0.25, 0.3) is 11.7 Å². The van der Waals surface area contributed by atoms with E-state index in [9.17, 15) is 19.7 Å². The number of aromatic nitrogens is 2. The molecule has 0 aliphatic heterocycles. The highest BCUT2D eigenvalue weighted by molar-refractivity contribution is 5.87. The fourth-order valence-corrected chi connectivity index (χ4v) is 2.47. The first-order valence-electron chi connectivity index (χ1n) is 8.01. The van der Waals surface area contributed by atoms with Gasteiger partial charge in [0.05, 0.1) is 16.2 Å². The van der Waals surface area contributed by atoms with Crippen LogP contribution in [0.4, 0.5) is 5.69 Å². The number of esters is 1. The number of benzene rings is 1. The number of rotatable bonds is 5. The van der Waals surface area contributed by atoms with E-state index in [0.717, 1.165) is 11.6 Å². The van der Waals surface area contributed by atoms with Crippen LogP contribution in [0.2, 0.25) is 0 Å². The minimum absolute atomic E-state index is 0.110. The van der Waals surface area contributed by atoms with E-state index in [4.69, 9.17) is 4.74 Å². The largest absolute Gasteiger partial charge is 0.456 e. The number of nitrogens with zero attached hydrogens (tertiary/aromatic N) is 3. The lowest BCUT2D eigenvalue weighted by atomic mass is 10.1. The number of hydrogen-bond acceptors (Lipinski definition) is 6. The van der Waals surface area contributed by atoms with Crippen molar-refractivity contribution in [2.24, 2.45) is 0 Å². The Kier molecular flexibility index (Phi) is 5.07. The zero-order valence-corrected chi connectivity index (χ0v) is 14.4. The van der Waals surface area contributed by atoms with Crippen molar-refractivity contribution in [2.45, 2.75) is 13.5 Å². The van der Waals surface area contributed by atoms with Crippen LogP contribution >= 0.6 is 0 Å². The minimum atomic E-state index is -0.695. The normalized spacial score (nSPS) is 11.0. The fraction of sp³-hybridized carbons (Fsp3) is 0.105. The van der Waals surface area contributed by atoms with E-state index >= 15 is 0 Å². The molecule has 0 radical (unpaired) electrons. The number of hydrogen-bond donors (Lipinski definition) is 0. The third-order valence-corrected chi connectivity index (χ3v) is 3.77. The SMILES string of the molecule is Cc1ccn2c(=O)cc(COC(=O)/C=C/c3ccccc3[N+](=O)[O-])nc2c1. The van der Waals surface area contributed by atoms with Crippen molar-refractivity contribution >= 4 is 23.4 Å². The van der Waals surface area contributed by atoms with E-state index < -0.39 is 10.9 Å². The monoisotopic (exact) mass is 365 g/mol. The van der Waals surface area contributed by atoms with Crippen LogP contribution in [0.3, 0.4) is 0 Å². The Labute approximate surface area is 153 Å². The molecule has 3 rings (SSSR count). The summed E-state index contributed by atoms with van der Waals surface area (Å²) in [6.45, 7) is 1.70. The standard InChI is InChI=1S/C19H15N3O5/c1-13-8-9-21-17(10-13)20-15(11-18(21)23)12-27-19(24)7-6-14-4-2-3-5-16(14)22(25)26/h2-11H,12H2,1H3/b7-6+. The lowest BCUT2D eigenvalue weighted by Crippen LogP contribution is -2.16. The van der Waals surface area contributed by atoms with Crippen molar-refractivity contribution in [3.63, 3.8) is 0 Å². The van der Waals surface area contributed by atoms with Gasteiger partial charge in [-0.1, -0.05) is 12.1 Å². The summed E-state index contributed by atoms with van der Waals surface area (Å²) in [6, 6.07) is 10.9. The number of fused-ring (bicyclic) bond motifs is 1. The number of pyridine rings is 1. The maximum Gasteiger partial charge on any atom is 0.331 e. The summed E-state index contributed by atoms with van der Waals surface area (Å²) >= 11 is 0. The molecule has 0 fully saturated rings. The molecule has 0 N–H and O–H groups in total. The number of carbonyl (C=O) groups excluding carboxylic acids is 1. The molecule has 2 heterocycles. The van der Waals surface area contributed by atoms with Gasteiger partial charge in [0.25, 0.3) is 11.2 Å². The number of carbonyl (C=O) groups is 1. The summed E-state index contributed by atoms with van der Waals surface area (Å²) in [5, 5.41) is 11.0. The van der Waals surface area contributed by atoms with E-state index in [-0.39, 0.29) is 23.4 Å². The predicted molar refractivity (Wildman–Crippen MR) is 98.1 cm³/mol. The Hall–Kier alpha value is -3.81. The number of ether oxygens (including phenoxy) is 1. The molecule has 1 aromatic carbocycles. The summed E-state index contributed by atoms with van der Waals surface area (Å²) in [5.74, 6) is -0.695. The molecule has 0 aliphatic carbocycles. The summed E-state index contributed by atoms with van der Waals surface area (Å²) in [5.41, 5.74) is 1.63. The fourth-order valence-electron chi connectivity index (χ4n) is 2.47. The highest BCUT2D eigenvalue weighted by atomic mass is 16.6. The zero-order chi connectivity index (χ0) is 19.4. The van der Waals surface area contributed by atoms with Crippen LogP contribution in [0.5, 0.6) is 0 Å². The first-order chi connectivity index (χ1) is 12.9. The molecule has 8 nitrogen and oxygen atoms in total. The third kappa shape index (κ3) is 4.24. The Morgan fingerprint density at radius 2 is 2.07 bits per heavy atom. The quantitative estimate of drug-likeness (QED) is 0.298. The molecule has 0 unspecified atom stereocenters. The summed E-state index contributed by atoms with van der Waals surface area (Å²) in [7, 11) is 0. The molecule has 0 aliphatic rings. The van der Waals surface area contributed by atoms with Crippen molar-refractivity contribution in [3.8, 4) is 0 Å². The highest BCUT2D eigenvalue weighted by Crippen LogP contribution is 2.18. The van der Waals surface area contributed by atoms with Crippen LogP contribution in [0.15, 0.2) is 59.5 Å². The molecule has 27 heavy (non-hydrogen) atoms. The Balaban J connectivity index is 1.72. The van der Waals surface area contributed by atoms with Crippen LogP contribution in [0, 0.1) is 17.0 Å². The van der Waals surface area contributed by atoms with E-state index in [2.05, 4.69) is 4.98 Å². The molecule has 0 saturated carbocycles. The van der Waals surface area contributed by atoms with Gasteiger partial charge in [-0.15, -0.1) is 0 Å². The van der Waals surface area contributed by atoms with Gasteiger partial charge >= 0.3 is 5.97 Å². The first kappa shape index (κ1) is 18.0. The number of para-hydroxylation sites is 1. The van der Waals surface area contributed by atoms with Crippen LogP contribution in [-0.4, -0.2) is 20.3 Å². The first-order valence-corrected chi connectivity index (χ1v) is 8.01. The molecule has 136 valence electrons. The second-order valence-corrected chi connectivity index (χ2v) is 5.77. The lowest BCUT2D eigenvalue weighted by Gasteiger charge is -2.05. The molecule has 3 aromatic rings. The van der Waals surface area contributed by atoms with E-state index in [1.807, 2.05) is 6.92 Å². The topological polar surface area (TPSA) is 104 Å². The highest BCUT2D eigenvalue weighted by Gasteiger charge is 2.10. The van der Waals surface area contributed by atoms with Crippen LogP contribution in [-0.2, 0) is 16.1 Å². The second kappa shape index (κ2) is 7.61. The van der Waals surface area contributed by atoms with Crippen LogP contribution < -0.4 is 5.56 Å². The van der Waals surface area contributed by atoms with Gasteiger partial charge in [0.2, 0.25) is 0 Å². The third-order valence-electron chi connectivity index (χ3n) is 3.77. The zero-order valence-electron chi connectivity index (χ0n) is 14.4. The van der Waals surface area contributed by atoms with Crippen LogP contribution in [0.1, 0.15) is 16.8 Å². The summed E-state index contributed by atoms with van der Waals surface area (Å²) < 4.78 is 6.47. The van der Waals surface area contributed by atoms with E-state index in [1.165, 1.54) is 28.7 Å². The van der Waals surface area contributed by atoms with Gasteiger partial charge < -0.3 is 4.74 Å². The maximum absolute atomic E-state index is 12.1. The van der Waals surface area contributed by atoms with E-state index in [0.29, 0.717) is 11.3 Å². The van der Waals surface area contributed by atoms with Gasteiger partial charge in [0.1, 0.15) is 12.3 Å². The van der Waals surface area contributed by atoms with Gasteiger partial charge in [-0.25, -0.2) is 9.78 Å². The van der Waals surface area contributed by atoms with E-state index in [1.54, 1.807) is 30.5 Å².